The highest BCUT2D eigenvalue weighted by Crippen LogP contribution is 2.14. The van der Waals surface area contributed by atoms with Gasteiger partial charge in [0.05, 0.1) is 6.54 Å². The first-order valence-electron chi connectivity index (χ1n) is 3.89. The zero-order valence-electron chi connectivity index (χ0n) is 7.05. The van der Waals surface area contributed by atoms with Crippen LogP contribution in [0.25, 0.3) is 0 Å². The molecular formula is C10H10ClNO. The van der Waals surface area contributed by atoms with Crippen molar-refractivity contribution in [2.45, 2.75) is 0 Å². The summed E-state index contributed by atoms with van der Waals surface area (Å²) in [7, 11) is 0. The van der Waals surface area contributed by atoms with Gasteiger partial charge in [-0.15, -0.1) is 0 Å². The summed E-state index contributed by atoms with van der Waals surface area (Å²) in [5, 5.41) is 12.1. The maximum atomic E-state index is 8.39. The number of nitrogens with one attached hydrogen (secondary N) is 1. The van der Waals surface area contributed by atoms with Crippen molar-refractivity contribution in [3.63, 3.8) is 0 Å². The fourth-order valence-electron chi connectivity index (χ4n) is 0.863. The number of hydrogen-bond donors (Lipinski definition) is 2. The summed E-state index contributed by atoms with van der Waals surface area (Å²) < 4.78 is 0. The van der Waals surface area contributed by atoms with Crippen molar-refractivity contribution in [3.8, 4) is 11.8 Å². The lowest BCUT2D eigenvalue weighted by atomic mass is 10.3. The minimum Gasteiger partial charge on any atom is -0.384 e. The highest BCUT2D eigenvalue weighted by molar-refractivity contribution is 6.30. The first-order valence-corrected chi connectivity index (χ1v) is 4.27. The molecular weight excluding hydrogens is 186 g/mol. The van der Waals surface area contributed by atoms with Crippen LogP contribution in [0.3, 0.4) is 0 Å². The summed E-state index contributed by atoms with van der Waals surface area (Å²) in [6, 6.07) is 7.41. The molecule has 1 aromatic rings. The normalized spacial score (nSPS) is 8.77. The summed E-state index contributed by atoms with van der Waals surface area (Å²) in [5.41, 5.74) is 0.930. The molecule has 68 valence electrons. The third-order valence-electron chi connectivity index (χ3n) is 1.41. The Morgan fingerprint density at radius 2 is 2.23 bits per heavy atom. The Morgan fingerprint density at radius 3 is 2.92 bits per heavy atom. The van der Waals surface area contributed by atoms with E-state index in [2.05, 4.69) is 17.2 Å². The molecule has 0 aliphatic rings. The molecule has 0 bridgehead atoms. The number of hydrogen-bond acceptors (Lipinski definition) is 2. The molecule has 1 aromatic carbocycles. The van der Waals surface area contributed by atoms with Gasteiger partial charge in [0, 0.05) is 10.7 Å². The Hall–Kier alpha value is -1.17. The molecule has 0 aliphatic carbocycles. The smallest absolute Gasteiger partial charge is 0.104 e. The van der Waals surface area contributed by atoms with Gasteiger partial charge in [-0.25, -0.2) is 0 Å². The van der Waals surface area contributed by atoms with Crippen LogP contribution in [0.2, 0.25) is 5.02 Å². The topological polar surface area (TPSA) is 32.3 Å². The van der Waals surface area contributed by atoms with Gasteiger partial charge >= 0.3 is 0 Å². The van der Waals surface area contributed by atoms with E-state index in [0.29, 0.717) is 11.6 Å². The predicted octanol–water partition coefficient (Wildman–Crippen LogP) is 1.75. The molecule has 1 rings (SSSR count). The van der Waals surface area contributed by atoms with E-state index in [1.165, 1.54) is 0 Å². The monoisotopic (exact) mass is 195 g/mol. The Labute approximate surface area is 82.5 Å². The lowest BCUT2D eigenvalue weighted by Crippen LogP contribution is -1.98. The number of halogens is 1. The third-order valence-corrected chi connectivity index (χ3v) is 1.64. The van der Waals surface area contributed by atoms with Crippen LogP contribution >= 0.6 is 11.6 Å². The molecule has 2 N–H and O–H groups in total. The van der Waals surface area contributed by atoms with Gasteiger partial charge in [0.1, 0.15) is 6.61 Å². The number of aliphatic hydroxyl groups is 1. The minimum absolute atomic E-state index is 0.1000. The average molecular weight is 196 g/mol. The predicted molar refractivity (Wildman–Crippen MR) is 54.8 cm³/mol. The number of benzene rings is 1. The van der Waals surface area contributed by atoms with Crippen molar-refractivity contribution in [1.82, 2.24) is 0 Å². The summed E-state index contributed by atoms with van der Waals surface area (Å²) >= 11 is 5.77. The molecule has 0 amide bonds. The molecule has 0 saturated heterocycles. The van der Waals surface area contributed by atoms with Gasteiger partial charge in [0.25, 0.3) is 0 Å². The highest BCUT2D eigenvalue weighted by Gasteiger charge is 1.89. The molecule has 0 spiro atoms. The van der Waals surface area contributed by atoms with Gasteiger partial charge in [-0.3, -0.25) is 0 Å². The Bertz CT molecular complexity index is 327. The SMILES string of the molecule is OCC#CCNc1cccc(Cl)c1. The molecule has 0 saturated carbocycles. The highest BCUT2D eigenvalue weighted by atomic mass is 35.5. The van der Waals surface area contributed by atoms with E-state index in [4.69, 9.17) is 16.7 Å². The molecule has 0 aliphatic heterocycles. The van der Waals surface area contributed by atoms with Crippen LogP contribution < -0.4 is 5.32 Å². The van der Waals surface area contributed by atoms with Crippen LogP contribution in [0.15, 0.2) is 24.3 Å². The Balaban J connectivity index is 2.45. The van der Waals surface area contributed by atoms with E-state index in [9.17, 15) is 0 Å². The van der Waals surface area contributed by atoms with Gasteiger partial charge in [-0.1, -0.05) is 29.5 Å². The maximum absolute atomic E-state index is 8.39. The van der Waals surface area contributed by atoms with Crippen molar-refractivity contribution in [2.24, 2.45) is 0 Å². The molecule has 0 aromatic heterocycles. The van der Waals surface area contributed by atoms with Crippen molar-refractivity contribution in [3.05, 3.63) is 29.3 Å². The number of anilines is 1. The van der Waals surface area contributed by atoms with E-state index in [0.717, 1.165) is 5.69 Å². The van der Waals surface area contributed by atoms with Gasteiger partial charge < -0.3 is 10.4 Å². The van der Waals surface area contributed by atoms with Crippen LogP contribution in [0, 0.1) is 11.8 Å². The summed E-state index contributed by atoms with van der Waals surface area (Å²) in [6.07, 6.45) is 0. The summed E-state index contributed by atoms with van der Waals surface area (Å²) in [4.78, 5) is 0. The largest absolute Gasteiger partial charge is 0.384 e. The first-order chi connectivity index (χ1) is 6.33. The second kappa shape index (κ2) is 5.47. The molecule has 0 atom stereocenters. The maximum Gasteiger partial charge on any atom is 0.104 e. The molecule has 0 unspecified atom stereocenters. The number of rotatable bonds is 2. The van der Waals surface area contributed by atoms with Crippen LogP contribution in [0.4, 0.5) is 5.69 Å². The second-order valence-corrected chi connectivity index (χ2v) is 2.81. The average Bonchev–Trinajstić information content (AvgIpc) is 2.13. The van der Waals surface area contributed by atoms with Crippen molar-refractivity contribution < 1.29 is 5.11 Å². The van der Waals surface area contributed by atoms with E-state index < -0.39 is 0 Å². The zero-order chi connectivity index (χ0) is 9.52. The van der Waals surface area contributed by atoms with Gasteiger partial charge in [0.2, 0.25) is 0 Å². The molecule has 3 heteroatoms. The van der Waals surface area contributed by atoms with E-state index in [-0.39, 0.29) is 6.61 Å². The van der Waals surface area contributed by atoms with E-state index in [1.807, 2.05) is 24.3 Å². The van der Waals surface area contributed by atoms with Crippen molar-refractivity contribution >= 4 is 17.3 Å². The molecule has 13 heavy (non-hydrogen) atoms. The van der Waals surface area contributed by atoms with Crippen molar-refractivity contribution in [1.29, 1.82) is 0 Å². The first kappa shape index (κ1) is 9.91. The van der Waals surface area contributed by atoms with Crippen LogP contribution in [-0.2, 0) is 0 Å². The molecule has 0 heterocycles. The van der Waals surface area contributed by atoms with E-state index in [1.54, 1.807) is 0 Å². The lowest BCUT2D eigenvalue weighted by Gasteiger charge is -2.01. The zero-order valence-corrected chi connectivity index (χ0v) is 7.80. The van der Waals surface area contributed by atoms with Gasteiger partial charge in [0.15, 0.2) is 0 Å². The van der Waals surface area contributed by atoms with Gasteiger partial charge in [-0.05, 0) is 18.2 Å². The molecule has 0 fully saturated rings. The fraction of sp³-hybridized carbons (Fsp3) is 0.200. The fourth-order valence-corrected chi connectivity index (χ4v) is 1.05. The molecule has 0 radical (unpaired) electrons. The quantitative estimate of drug-likeness (QED) is 0.705. The van der Waals surface area contributed by atoms with Crippen molar-refractivity contribution in [2.75, 3.05) is 18.5 Å². The summed E-state index contributed by atoms with van der Waals surface area (Å²) in [5.74, 6) is 5.29. The summed E-state index contributed by atoms with van der Waals surface area (Å²) in [6.45, 7) is 0.415. The minimum atomic E-state index is -0.1000. The van der Waals surface area contributed by atoms with Crippen LogP contribution in [-0.4, -0.2) is 18.3 Å². The van der Waals surface area contributed by atoms with Gasteiger partial charge in [-0.2, -0.15) is 0 Å². The standard InChI is InChI=1S/C10H10ClNO/c11-9-4-3-5-10(8-9)12-6-1-2-7-13/h3-5,8,12-13H,6-7H2. The van der Waals surface area contributed by atoms with Crippen LogP contribution in [0.5, 0.6) is 0 Å². The van der Waals surface area contributed by atoms with Crippen LogP contribution in [0.1, 0.15) is 0 Å². The Kier molecular flexibility index (Phi) is 4.17. The second-order valence-electron chi connectivity index (χ2n) is 2.38. The van der Waals surface area contributed by atoms with E-state index >= 15 is 0 Å². The molecule has 2 nitrogen and oxygen atoms in total. The number of aliphatic hydroxyl groups excluding tert-OH is 1. The Morgan fingerprint density at radius 1 is 1.38 bits per heavy atom. The lowest BCUT2D eigenvalue weighted by molar-refractivity contribution is 0.350. The third kappa shape index (κ3) is 3.84.